The van der Waals surface area contributed by atoms with Gasteiger partial charge in [0.1, 0.15) is 0 Å². The molecule has 1 atom stereocenters. The van der Waals surface area contributed by atoms with Gasteiger partial charge in [-0.2, -0.15) is 0 Å². The Morgan fingerprint density at radius 1 is 1.56 bits per heavy atom. The molecule has 0 heterocycles. The van der Waals surface area contributed by atoms with Crippen LogP contribution in [0, 0.1) is 0 Å². The molecule has 1 aromatic carbocycles. The number of carbonyl (C=O) groups is 1. The Morgan fingerprint density at radius 3 is 2.81 bits per heavy atom. The van der Waals surface area contributed by atoms with Gasteiger partial charge in [-0.15, -0.1) is 11.8 Å². The highest BCUT2D eigenvalue weighted by Crippen LogP contribution is 2.26. The summed E-state index contributed by atoms with van der Waals surface area (Å²) in [6.45, 7) is 1.97. The topological polar surface area (TPSA) is 46.5 Å². The molecule has 1 aromatic rings. The third kappa shape index (κ3) is 3.50. The van der Waals surface area contributed by atoms with E-state index in [4.69, 9.17) is 4.74 Å². The van der Waals surface area contributed by atoms with Crippen molar-refractivity contribution < 1.29 is 14.6 Å². The number of carbonyl (C=O) groups excluding carboxylic acids is 1. The lowest BCUT2D eigenvalue weighted by molar-refractivity contribution is -0.153. The predicted molar refractivity (Wildman–Crippen MR) is 67.5 cm³/mol. The Bertz CT molecular complexity index is 381. The second kappa shape index (κ2) is 6.27. The molecule has 0 saturated heterocycles. The fourth-order valence-electron chi connectivity index (χ4n) is 1.22. The monoisotopic (exact) mass is 304 g/mol. The molecule has 1 N–H and O–H groups in total. The van der Waals surface area contributed by atoms with Crippen molar-refractivity contribution in [3.63, 3.8) is 0 Å². The third-order valence-corrected chi connectivity index (χ3v) is 3.12. The van der Waals surface area contributed by atoms with Crippen LogP contribution < -0.4 is 0 Å². The second-order valence-corrected chi connectivity index (χ2v) is 4.87. The first-order chi connectivity index (χ1) is 7.58. The average molecular weight is 305 g/mol. The van der Waals surface area contributed by atoms with Gasteiger partial charge in [-0.3, -0.25) is 0 Å². The molecule has 0 radical (unpaired) electrons. The number of aliphatic hydroxyl groups is 1. The summed E-state index contributed by atoms with van der Waals surface area (Å²) in [6.07, 6.45) is 0.714. The molecule has 3 nitrogen and oxygen atoms in total. The van der Waals surface area contributed by atoms with Crippen LogP contribution in [0.1, 0.15) is 18.6 Å². The molecule has 1 unspecified atom stereocenters. The quantitative estimate of drug-likeness (QED) is 0.686. The van der Waals surface area contributed by atoms with Gasteiger partial charge in [0.05, 0.1) is 6.61 Å². The number of hydrogen-bond donors (Lipinski definition) is 1. The van der Waals surface area contributed by atoms with Gasteiger partial charge in [0.25, 0.3) is 0 Å². The van der Waals surface area contributed by atoms with E-state index < -0.39 is 12.1 Å². The fraction of sp³-hybridized carbons (Fsp3) is 0.364. The van der Waals surface area contributed by atoms with Crippen LogP contribution in [0.4, 0.5) is 0 Å². The van der Waals surface area contributed by atoms with E-state index in [0.717, 1.165) is 9.37 Å². The van der Waals surface area contributed by atoms with E-state index in [1.807, 2.05) is 12.3 Å². The smallest absolute Gasteiger partial charge is 0.339 e. The summed E-state index contributed by atoms with van der Waals surface area (Å²) < 4.78 is 5.59. The van der Waals surface area contributed by atoms with Crippen molar-refractivity contribution in [1.29, 1.82) is 0 Å². The van der Waals surface area contributed by atoms with E-state index in [1.54, 1.807) is 30.8 Å². The molecule has 88 valence electrons. The number of thioether (sulfide) groups is 1. The fourth-order valence-corrected chi connectivity index (χ4v) is 2.38. The molecule has 0 bridgehead atoms. The van der Waals surface area contributed by atoms with E-state index in [2.05, 4.69) is 15.9 Å². The van der Waals surface area contributed by atoms with Crippen LogP contribution in [0.5, 0.6) is 0 Å². The Kier molecular flexibility index (Phi) is 5.31. The summed E-state index contributed by atoms with van der Waals surface area (Å²) in [5, 5.41) is 9.76. The van der Waals surface area contributed by atoms with Gasteiger partial charge in [-0.05, 0) is 36.9 Å². The van der Waals surface area contributed by atoms with Gasteiger partial charge in [-0.25, -0.2) is 4.79 Å². The molecule has 0 aliphatic carbocycles. The van der Waals surface area contributed by atoms with Gasteiger partial charge in [-0.1, -0.05) is 15.9 Å². The van der Waals surface area contributed by atoms with Crippen molar-refractivity contribution in [1.82, 2.24) is 0 Å². The number of benzene rings is 1. The largest absolute Gasteiger partial charge is 0.464 e. The van der Waals surface area contributed by atoms with Crippen LogP contribution in [-0.4, -0.2) is 23.9 Å². The van der Waals surface area contributed by atoms with Crippen molar-refractivity contribution in [3.8, 4) is 0 Å². The van der Waals surface area contributed by atoms with Crippen LogP contribution in [0.2, 0.25) is 0 Å². The molecule has 0 fully saturated rings. The highest BCUT2D eigenvalue weighted by molar-refractivity contribution is 9.10. The van der Waals surface area contributed by atoms with Crippen LogP contribution in [0.15, 0.2) is 27.6 Å². The lowest BCUT2D eigenvalue weighted by atomic mass is 10.1. The molecule has 1 rings (SSSR count). The molecule has 0 amide bonds. The van der Waals surface area contributed by atoms with Crippen molar-refractivity contribution >= 4 is 33.7 Å². The van der Waals surface area contributed by atoms with Gasteiger partial charge >= 0.3 is 5.97 Å². The third-order valence-electron chi connectivity index (χ3n) is 1.95. The minimum absolute atomic E-state index is 0.263. The molecule has 0 aliphatic heterocycles. The van der Waals surface area contributed by atoms with Crippen LogP contribution in [-0.2, 0) is 9.53 Å². The van der Waals surface area contributed by atoms with Gasteiger partial charge in [0, 0.05) is 9.37 Å². The second-order valence-electron chi connectivity index (χ2n) is 3.08. The lowest BCUT2D eigenvalue weighted by Gasteiger charge is -2.11. The van der Waals surface area contributed by atoms with Crippen LogP contribution >= 0.6 is 27.7 Å². The summed E-state index contributed by atoms with van der Waals surface area (Å²) in [5.74, 6) is -0.618. The van der Waals surface area contributed by atoms with Crippen molar-refractivity contribution in [2.24, 2.45) is 0 Å². The average Bonchev–Trinajstić information content (AvgIpc) is 2.27. The van der Waals surface area contributed by atoms with E-state index in [9.17, 15) is 9.90 Å². The predicted octanol–water partition coefficient (Wildman–Crippen LogP) is 2.77. The number of aliphatic hydroxyl groups excluding tert-OH is 1. The Balaban J connectivity index is 2.94. The lowest BCUT2D eigenvalue weighted by Crippen LogP contribution is -2.15. The van der Waals surface area contributed by atoms with Crippen LogP contribution in [0.3, 0.4) is 0 Å². The molecule has 0 spiro atoms. The molecular formula is C11H13BrO3S. The Morgan fingerprint density at radius 2 is 2.25 bits per heavy atom. The van der Waals surface area contributed by atoms with E-state index in [1.165, 1.54) is 0 Å². The maximum absolute atomic E-state index is 11.4. The first kappa shape index (κ1) is 13.5. The van der Waals surface area contributed by atoms with Crippen LogP contribution in [0.25, 0.3) is 0 Å². The number of hydrogen-bond acceptors (Lipinski definition) is 4. The highest BCUT2D eigenvalue weighted by Gasteiger charge is 2.19. The summed E-state index contributed by atoms with van der Waals surface area (Å²) >= 11 is 4.88. The summed E-state index contributed by atoms with van der Waals surface area (Å²) in [7, 11) is 0. The minimum atomic E-state index is -1.22. The Labute approximate surface area is 107 Å². The summed E-state index contributed by atoms with van der Waals surface area (Å²) in [6, 6.07) is 5.41. The molecule has 0 aromatic heterocycles. The van der Waals surface area contributed by atoms with E-state index in [-0.39, 0.29) is 6.61 Å². The maximum Gasteiger partial charge on any atom is 0.339 e. The van der Waals surface area contributed by atoms with E-state index in [0.29, 0.717) is 5.56 Å². The zero-order valence-corrected chi connectivity index (χ0v) is 11.5. The number of ether oxygens (including phenoxy) is 1. The van der Waals surface area contributed by atoms with Gasteiger partial charge in [0.2, 0.25) is 0 Å². The molecular weight excluding hydrogens is 292 g/mol. The van der Waals surface area contributed by atoms with Gasteiger partial charge < -0.3 is 9.84 Å². The number of halogens is 1. The number of rotatable bonds is 4. The molecule has 16 heavy (non-hydrogen) atoms. The first-order valence-corrected chi connectivity index (χ1v) is 6.79. The molecule has 5 heteroatoms. The standard InChI is InChI=1S/C11H13BrO3S/c1-3-15-11(14)10(13)7-4-8(12)6-9(5-7)16-2/h4-6,10,13H,3H2,1-2H3. The van der Waals surface area contributed by atoms with Crippen molar-refractivity contribution in [3.05, 3.63) is 28.2 Å². The first-order valence-electron chi connectivity index (χ1n) is 4.77. The maximum atomic E-state index is 11.4. The summed E-state index contributed by atoms with van der Waals surface area (Å²) in [4.78, 5) is 12.3. The Hall–Kier alpha value is -0.520. The SMILES string of the molecule is CCOC(=O)C(O)c1cc(Br)cc(SC)c1. The van der Waals surface area contributed by atoms with Gasteiger partial charge in [0.15, 0.2) is 6.10 Å². The molecule has 0 saturated carbocycles. The van der Waals surface area contributed by atoms with E-state index >= 15 is 0 Å². The van der Waals surface area contributed by atoms with Crippen molar-refractivity contribution in [2.45, 2.75) is 17.9 Å². The minimum Gasteiger partial charge on any atom is -0.464 e. The zero-order valence-electron chi connectivity index (χ0n) is 9.07. The zero-order chi connectivity index (χ0) is 12.1. The highest BCUT2D eigenvalue weighted by atomic mass is 79.9. The summed E-state index contributed by atoms with van der Waals surface area (Å²) in [5.41, 5.74) is 0.539. The molecule has 0 aliphatic rings. The van der Waals surface area contributed by atoms with Crippen molar-refractivity contribution in [2.75, 3.05) is 12.9 Å². The number of esters is 1. The normalized spacial score (nSPS) is 12.2.